The highest BCUT2D eigenvalue weighted by Crippen LogP contribution is 2.37. The molecule has 0 spiro atoms. The van der Waals surface area contributed by atoms with E-state index in [9.17, 15) is 4.79 Å². The number of thioether (sulfide) groups is 1. The Balaban J connectivity index is 2.31. The molecule has 100 valence electrons. The third kappa shape index (κ3) is 2.56. The number of ether oxygens (including phenoxy) is 1. The van der Waals surface area contributed by atoms with Crippen molar-refractivity contribution in [2.45, 2.75) is 18.6 Å². The summed E-state index contributed by atoms with van der Waals surface area (Å²) in [7, 11) is 1.36. The lowest BCUT2D eigenvalue weighted by atomic mass is 10.2. The lowest BCUT2D eigenvalue weighted by Gasteiger charge is -2.38. The first-order valence-electron chi connectivity index (χ1n) is 5.67. The molecule has 0 unspecified atom stereocenters. The molecule has 7 heteroatoms. The van der Waals surface area contributed by atoms with Crippen molar-refractivity contribution in [3.8, 4) is 0 Å². The van der Waals surface area contributed by atoms with E-state index in [1.165, 1.54) is 18.6 Å². The summed E-state index contributed by atoms with van der Waals surface area (Å²) in [5, 5.41) is 0.827. The molecule has 0 amide bonds. The van der Waals surface area contributed by atoms with E-state index in [0.717, 1.165) is 23.8 Å². The van der Waals surface area contributed by atoms with Gasteiger partial charge in [0.2, 0.25) is 0 Å². The summed E-state index contributed by atoms with van der Waals surface area (Å²) in [6.45, 7) is 6.18. The van der Waals surface area contributed by atoms with Gasteiger partial charge in [-0.2, -0.15) is 16.1 Å². The molecular weight excluding hydrogens is 270 g/mol. The SMILES string of the molecule is COC(=O)c1c(N)nsc1N1CCSC(C)(C)C1. The lowest BCUT2D eigenvalue weighted by molar-refractivity contribution is 0.0603. The number of hydrogen-bond acceptors (Lipinski definition) is 7. The largest absolute Gasteiger partial charge is 0.465 e. The summed E-state index contributed by atoms with van der Waals surface area (Å²) in [5.41, 5.74) is 6.17. The van der Waals surface area contributed by atoms with Crippen LogP contribution in [0, 0.1) is 0 Å². The predicted octanol–water partition coefficient (Wildman–Crippen LogP) is 1.84. The monoisotopic (exact) mass is 287 g/mol. The van der Waals surface area contributed by atoms with Crippen molar-refractivity contribution in [1.29, 1.82) is 0 Å². The Hall–Kier alpha value is -0.950. The summed E-state index contributed by atoms with van der Waals surface area (Å²) < 4.78 is 9.02. The number of aromatic nitrogens is 1. The van der Waals surface area contributed by atoms with Gasteiger partial charge >= 0.3 is 5.97 Å². The van der Waals surface area contributed by atoms with Gasteiger partial charge in [-0.3, -0.25) is 0 Å². The number of carbonyl (C=O) groups is 1. The topological polar surface area (TPSA) is 68.5 Å². The molecule has 2 heterocycles. The molecule has 1 aromatic heterocycles. The second kappa shape index (κ2) is 4.97. The van der Waals surface area contributed by atoms with Crippen LogP contribution >= 0.6 is 23.3 Å². The first kappa shape index (κ1) is 13.5. The zero-order valence-corrected chi connectivity index (χ0v) is 12.4. The Kier molecular flexibility index (Phi) is 3.72. The molecule has 0 radical (unpaired) electrons. The van der Waals surface area contributed by atoms with Crippen molar-refractivity contribution in [1.82, 2.24) is 4.37 Å². The summed E-state index contributed by atoms with van der Waals surface area (Å²) >= 11 is 3.21. The minimum absolute atomic E-state index is 0.171. The Morgan fingerprint density at radius 1 is 1.56 bits per heavy atom. The van der Waals surface area contributed by atoms with Gasteiger partial charge in [-0.25, -0.2) is 4.79 Å². The van der Waals surface area contributed by atoms with Crippen LogP contribution in [0.4, 0.5) is 10.8 Å². The van der Waals surface area contributed by atoms with Gasteiger partial charge in [-0.1, -0.05) is 0 Å². The molecule has 1 aliphatic heterocycles. The minimum atomic E-state index is -0.410. The number of esters is 1. The normalized spacial score (nSPS) is 18.7. The van der Waals surface area contributed by atoms with E-state index in [1.54, 1.807) is 0 Å². The first-order valence-corrected chi connectivity index (χ1v) is 7.43. The molecule has 0 bridgehead atoms. The molecule has 0 aromatic carbocycles. The van der Waals surface area contributed by atoms with Crippen LogP contribution in [-0.4, -0.2) is 41.0 Å². The highest BCUT2D eigenvalue weighted by molar-refractivity contribution is 8.00. The summed E-state index contributed by atoms with van der Waals surface area (Å²) in [6.07, 6.45) is 0. The maximum absolute atomic E-state index is 11.8. The minimum Gasteiger partial charge on any atom is -0.465 e. The van der Waals surface area contributed by atoms with Gasteiger partial charge in [0.05, 0.1) is 7.11 Å². The molecule has 2 N–H and O–H groups in total. The lowest BCUT2D eigenvalue weighted by Crippen LogP contribution is -2.43. The van der Waals surface area contributed by atoms with Crippen LogP contribution in [0.25, 0.3) is 0 Å². The molecule has 0 aliphatic carbocycles. The van der Waals surface area contributed by atoms with Crippen molar-refractivity contribution in [2.24, 2.45) is 0 Å². The van der Waals surface area contributed by atoms with Crippen LogP contribution < -0.4 is 10.6 Å². The fraction of sp³-hybridized carbons (Fsp3) is 0.636. The maximum Gasteiger partial charge on any atom is 0.344 e. The number of nitrogen functional groups attached to an aromatic ring is 1. The Morgan fingerprint density at radius 3 is 2.89 bits per heavy atom. The quantitative estimate of drug-likeness (QED) is 0.837. The molecule has 1 saturated heterocycles. The fourth-order valence-electron chi connectivity index (χ4n) is 1.99. The molecule has 0 atom stereocenters. The fourth-order valence-corrected chi connectivity index (χ4v) is 3.93. The van der Waals surface area contributed by atoms with Gasteiger partial charge in [0, 0.05) is 23.6 Å². The van der Waals surface area contributed by atoms with E-state index in [0.29, 0.717) is 5.56 Å². The number of nitrogens with two attached hydrogens (primary N) is 1. The number of carbonyl (C=O) groups excluding carboxylic acids is 1. The van der Waals surface area contributed by atoms with Crippen LogP contribution in [0.3, 0.4) is 0 Å². The van der Waals surface area contributed by atoms with E-state index in [2.05, 4.69) is 23.1 Å². The van der Waals surface area contributed by atoms with Gasteiger partial charge < -0.3 is 15.4 Å². The zero-order chi connectivity index (χ0) is 13.3. The van der Waals surface area contributed by atoms with Crippen LogP contribution in [0.1, 0.15) is 24.2 Å². The zero-order valence-electron chi connectivity index (χ0n) is 10.7. The Labute approximate surface area is 115 Å². The average molecular weight is 287 g/mol. The van der Waals surface area contributed by atoms with E-state index in [1.807, 2.05) is 11.8 Å². The highest BCUT2D eigenvalue weighted by atomic mass is 32.2. The Bertz CT molecular complexity index is 459. The van der Waals surface area contributed by atoms with Crippen molar-refractivity contribution in [3.63, 3.8) is 0 Å². The highest BCUT2D eigenvalue weighted by Gasteiger charge is 2.31. The van der Waals surface area contributed by atoms with Crippen molar-refractivity contribution < 1.29 is 9.53 Å². The van der Waals surface area contributed by atoms with Gasteiger partial charge in [0.15, 0.2) is 5.82 Å². The van der Waals surface area contributed by atoms with Crippen LogP contribution in [-0.2, 0) is 4.74 Å². The molecule has 2 rings (SSSR count). The average Bonchev–Trinajstić information content (AvgIpc) is 2.69. The number of rotatable bonds is 2. The van der Waals surface area contributed by atoms with E-state index in [-0.39, 0.29) is 10.6 Å². The van der Waals surface area contributed by atoms with E-state index >= 15 is 0 Å². The summed E-state index contributed by atoms with van der Waals surface area (Å²) in [4.78, 5) is 13.9. The molecule has 1 fully saturated rings. The number of nitrogens with zero attached hydrogens (tertiary/aromatic N) is 2. The van der Waals surface area contributed by atoms with Gasteiger partial charge in [-0.05, 0) is 25.4 Å². The van der Waals surface area contributed by atoms with Crippen LogP contribution in [0.2, 0.25) is 0 Å². The molecule has 18 heavy (non-hydrogen) atoms. The van der Waals surface area contributed by atoms with Gasteiger partial charge in [0.1, 0.15) is 10.6 Å². The van der Waals surface area contributed by atoms with Crippen molar-refractivity contribution >= 4 is 40.1 Å². The molecular formula is C11H17N3O2S2. The predicted molar refractivity (Wildman–Crippen MR) is 76.6 cm³/mol. The first-order chi connectivity index (χ1) is 8.44. The third-order valence-electron chi connectivity index (χ3n) is 2.80. The van der Waals surface area contributed by atoms with Crippen molar-refractivity contribution in [3.05, 3.63) is 5.56 Å². The van der Waals surface area contributed by atoms with Crippen LogP contribution in [0.5, 0.6) is 0 Å². The molecule has 1 aliphatic rings. The summed E-state index contributed by atoms with van der Waals surface area (Å²) in [5.74, 6) is 0.885. The second-order valence-electron chi connectivity index (χ2n) is 4.77. The molecule has 0 saturated carbocycles. The van der Waals surface area contributed by atoms with Crippen molar-refractivity contribution in [2.75, 3.05) is 36.6 Å². The molecule has 5 nitrogen and oxygen atoms in total. The maximum atomic E-state index is 11.8. The van der Waals surface area contributed by atoms with Gasteiger partial charge in [-0.15, -0.1) is 0 Å². The smallest absolute Gasteiger partial charge is 0.344 e. The van der Waals surface area contributed by atoms with Crippen LogP contribution in [0.15, 0.2) is 0 Å². The molecule has 1 aromatic rings. The standard InChI is InChI=1S/C11H17N3O2S2/c1-11(2)6-14(4-5-17-11)9-7(10(15)16-3)8(12)13-18-9/h4-6H2,1-3H3,(H2,12,13). The number of methoxy groups -OCH3 is 1. The van der Waals surface area contributed by atoms with E-state index in [4.69, 9.17) is 10.5 Å². The van der Waals surface area contributed by atoms with Gasteiger partial charge in [0.25, 0.3) is 0 Å². The number of hydrogen-bond donors (Lipinski definition) is 1. The van der Waals surface area contributed by atoms with E-state index < -0.39 is 5.97 Å². The summed E-state index contributed by atoms with van der Waals surface area (Å²) in [6, 6.07) is 0. The third-order valence-corrected chi connectivity index (χ3v) is 5.02. The number of anilines is 2. The second-order valence-corrected chi connectivity index (χ2v) is 7.32. The Morgan fingerprint density at radius 2 is 2.28 bits per heavy atom.